The van der Waals surface area contributed by atoms with E-state index in [1.807, 2.05) is 24.3 Å². The summed E-state index contributed by atoms with van der Waals surface area (Å²) in [4.78, 5) is 23.7. The third-order valence-electron chi connectivity index (χ3n) is 6.59. The van der Waals surface area contributed by atoms with Crippen molar-refractivity contribution in [1.82, 2.24) is 5.32 Å². The Kier molecular flexibility index (Phi) is 11.7. The molecule has 0 aliphatic carbocycles. The molecule has 1 N–H and O–H groups in total. The maximum atomic E-state index is 12.4. The zero-order valence-electron chi connectivity index (χ0n) is 24.0. The second-order valence-corrected chi connectivity index (χ2v) is 11.8. The normalized spacial score (nSPS) is 12.6. The number of rotatable bonds is 14. The third-order valence-corrected chi connectivity index (χ3v) is 6.59. The molecule has 1 amide bonds. The number of hydrogen-bond donors (Lipinski definition) is 1. The van der Waals surface area contributed by atoms with Crippen LogP contribution in [0.15, 0.2) is 48.5 Å². The number of carbonyl (C=O) groups is 2. The number of amides is 1. The lowest BCUT2D eigenvalue weighted by molar-refractivity contribution is -0.140. The molecule has 0 spiro atoms. The molecule has 0 radical (unpaired) electrons. The number of carbonyl (C=O) groups excluding carboxylic acids is 2. The van der Waals surface area contributed by atoms with Gasteiger partial charge in [-0.2, -0.15) is 0 Å². The van der Waals surface area contributed by atoms with Crippen LogP contribution in [0.25, 0.3) is 0 Å². The molecule has 0 fully saturated rings. The molecule has 0 aliphatic heterocycles. The van der Waals surface area contributed by atoms with Crippen LogP contribution in [0.5, 0.6) is 5.75 Å². The maximum absolute atomic E-state index is 12.4. The first-order chi connectivity index (χ1) is 17.4. The number of unbranched alkanes of at least 4 members (excludes halogenated alkanes) is 3. The van der Waals surface area contributed by atoms with Gasteiger partial charge in [0, 0.05) is 12.1 Å². The molecule has 1 unspecified atom stereocenters. The van der Waals surface area contributed by atoms with E-state index in [2.05, 4.69) is 75.9 Å². The van der Waals surface area contributed by atoms with E-state index >= 15 is 0 Å². The van der Waals surface area contributed by atoms with Crippen molar-refractivity contribution in [3.63, 3.8) is 0 Å². The molecule has 2 aromatic rings. The molecule has 0 aromatic heterocycles. The Hall–Kier alpha value is -2.82. The highest BCUT2D eigenvalue weighted by Crippen LogP contribution is 2.37. The summed E-state index contributed by atoms with van der Waals surface area (Å²) >= 11 is 0. The molecule has 2 rings (SSSR count). The summed E-state index contributed by atoms with van der Waals surface area (Å²) < 4.78 is 11.1. The number of benzene rings is 2. The second kappa shape index (κ2) is 14.2. The number of ether oxygens (including phenoxy) is 2. The number of methoxy groups -OCH3 is 1. The maximum Gasteiger partial charge on any atom is 0.307 e. The Balaban J connectivity index is 2.11. The zero-order valence-corrected chi connectivity index (χ0v) is 24.0. The van der Waals surface area contributed by atoms with Gasteiger partial charge in [0.25, 0.3) is 5.91 Å². The van der Waals surface area contributed by atoms with E-state index in [1.54, 1.807) is 0 Å². The van der Waals surface area contributed by atoms with E-state index in [9.17, 15) is 9.59 Å². The fraction of sp³-hybridized carbons (Fsp3) is 0.562. The molecule has 5 nitrogen and oxygen atoms in total. The van der Waals surface area contributed by atoms with Gasteiger partial charge in [-0.25, -0.2) is 0 Å². The minimum atomic E-state index is -0.343. The Labute approximate surface area is 224 Å². The minimum absolute atomic E-state index is 0.0817. The van der Waals surface area contributed by atoms with Crippen LogP contribution in [0.2, 0.25) is 0 Å². The highest BCUT2D eigenvalue weighted by molar-refractivity contribution is 5.94. The van der Waals surface area contributed by atoms with Crippen molar-refractivity contribution < 1.29 is 19.1 Å². The van der Waals surface area contributed by atoms with Gasteiger partial charge in [0.1, 0.15) is 11.9 Å². The van der Waals surface area contributed by atoms with Gasteiger partial charge in [-0.05, 0) is 65.5 Å². The summed E-state index contributed by atoms with van der Waals surface area (Å²) in [7, 11) is 1.34. The van der Waals surface area contributed by atoms with E-state index in [-0.39, 0.29) is 41.8 Å². The summed E-state index contributed by atoms with van der Waals surface area (Å²) in [5.74, 6) is 0.314. The van der Waals surface area contributed by atoms with Gasteiger partial charge >= 0.3 is 5.97 Å². The average Bonchev–Trinajstić information content (AvgIpc) is 2.84. The van der Waals surface area contributed by atoms with Crippen molar-refractivity contribution in [3.8, 4) is 5.75 Å². The van der Waals surface area contributed by atoms with Gasteiger partial charge in [-0.3, -0.25) is 9.59 Å². The first kappa shape index (κ1) is 30.4. The van der Waals surface area contributed by atoms with Crippen molar-refractivity contribution in [2.24, 2.45) is 5.41 Å². The minimum Gasteiger partial charge on any atom is -0.486 e. The lowest BCUT2D eigenvalue weighted by Gasteiger charge is -2.33. The summed E-state index contributed by atoms with van der Waals surface area (Å²) in [6.07, 6.45) is 6.76. The molecule has 0 heterocycles. The second-order valence-electron chi connectivity index (χ2n) is 11.8. The smallest absolute Gasteiger partial charge is 0.307 e. The van der Waals surface area contributed by atoms with E-state index in [4.69, 9.17) is 4.74 Å². The Morgan fingerprint density at radius 3 is 2.11 bits per heavy atom. The molecule has 0 saturated carbocycles. The standard InChI is InChI=1S/C32H47NO4/c1-8-9-10-11-12-28(24-13-15-25(16-14-24)30(35)33-22-21-29(34)36-7)37-27-19-17-26(18-20-27)32(5,6)23-31(2,3)4/h13-20,28H,8-12,21-23H2,1-7H3,(H,33,35). The van der Waals surface area contributed by atoms with Crippen molar-refractivity contribution >= 4 is 11.9 Å². The Bertz CT molecular complexity index is 971. The zero-order chi connectivity index (χ0) is 27.5. The lowest BCUT2D eigenvalue weighted by Crippen LogP contribution is -2.26. The predicted octanol–water partition coefficient (Wildman–Crippen LogP) is 7.78. The number of esters is 1. The van der Waals surface area contributed by atoms with Gasteiger partial charge in [-0.15, -0.1) is 0 Å². The van der Waals surface area contributed by atoms with Gasteiger partial charge in [0.2, 0.25) is 0 Å². The topological polar surface area (TPSA) is 64.6 Å². The number of hydrogen-bond acceptors (Lipinski definition) is 4. The summed E-state index contributed by atoms with van der Waals surface area (Å²) in [5, 5.41) is 2.76. The van der Waals surface area contributed by atoms with Crippen LogP contribution in [0.1, 0.15) is 114 Å². The first-order valence-electron chi connectivity index (χ1n) is 13.7. The van der Waals surface area contributed by atoms with E-state index in [0.717, 1.165) is 30.6 Å². The van der Waals surface area contributed by atoms with Crippen LogP contribution in [0.3, 0.4) is 0 Å². The predicted molar refractivity (Wildman–Crippen MR) is 151 cm³/mol. The highest BCUT2D eigenvalue weighted by Gasteiger charge is 2.27. The summed E-state index contributed by atoms with van der Waals surface area (Å²) in [6, 6.07) is 16.1. The van der Waals surface area contributed by atoms with Crippen molar-refractivity contribution in [3.05, 3.63) is 65.2 Å². The molecule has 1 atom stereocenters. The van der Waals surface area contributed by atoms with Crippen LogP contribution in [-0.2, 0) is 14.9 Å². The van der Waals surface area contributed by atoms with Gasteiger partial charge in [0.15, 0.2) is 0 Å². The lowest BCUT2D eigenvalue weighted by atomic mass is 9.72. The SMILES string of the molecule is CCCCCCC(Oc1ccc(C(C)(C)CC(C)(C)C)cc1)c1ccc(C(=O)NCCC(=O)OC)cc1. The molecular formula is C32H47NO4. The van der Waals surface area contributed by atoms with Crippen LogP contribution < -0.4 is 10.1 Å². The van der Waals surface area contributed by atoms with Gasteiger partial charge in [0.05, 0.1) is 13.5 Å². The first-order valence-corrected chi connectivity index (χ1v) is 13.7. The summed E-state index contributed by atoms with van der Waals surface area (Å²) in [5.41, 5.74) is 3.27. The molecule has 0 bridgehead atoms. The van der Waals surface area contributed by atoms with Crippen LogP contribution in [0, 0.1) is 5.41 Å². The molecule has 37 heavy (non-hydrogen) atoms. The van der Waals surface area contributed by atoms with Crippen molar-refractivity contribution in [2.45, 2.75) is 98.0 Å². The van der Waals surface area contributed by atoms with Gasteiger partial charge < -0.3 is 14.8 Å². The fourth-order valence-corrected chi connectivity index (χ4v) is 4.96. The molecule has 0 aliphatic rings. The van der Waals surface area contributed by atoms with Crippen LogP contribution in [-0.4, -0.2) is 25.5 Å². The quantitative estimate of drug-likeness (QED) is 0.209. The van der Waals surface area contributed by atoms with E-state index in [1.165, 1.54) is 31.9 Å². The molecular weight excluding hydrogens is 462 g/mol. The molecule has 5 heteroatoms. The van der Waals surface area contributed by atoms with E-state index < -0.39 is 0 Å². The van der Waals surface area contributed by atoms with Crippen molar-refractivity contribution in [2.75, 3.05) is 13.7 Å². The fourth-order valence-electron chi connectivity index (χ4n) is 4.96. The highest BCUT2D eigenvalue weighted by atomic mass is 16.5. The van der Waals surface area contributed by atoms with Crippen molar-refractivity contribution in [1.29, 1.82) is 0 Å². The molecule has 0 saturated heterocycles. The third kappa shape index (κ3) is 10.6. The average molecular weight is 510 g/mol. The van der Waals surface area contributed by atoms with Gasteiger partial charge in [-0.1, -0.05) is 85.1 Å². The number of nitrogens with one attached hydrogen (secondary N) is 1. The summed E-state index contributed by atoms with van der Waals surface area (Å²) in [6.45, 7) is 13.9. The van der Waals surface area contributed by atoms with Crippen LogP contribution >= 0.6 is 0 Å². The molecule has 2 aromatic carbocycles. The van der Waals surface area contributed by atoms with Crippen LogP contribution in [0.4, 0.5) is 0 Å². The Morgan fingerprint density at radius 2 is 1.54 bits per heavy atom. The largest absolute Gasteiger partial charge is 0.486 e. The monoisotopic (exact) mass is 509 g/mol. The Morgan fingerprint density at radius 1 is 0.892 bits per heavy atom. The molecule has 204 valence electrons. The van der Waals surface area contributed by atoms with E-state index in [0.29, 0.717) is 5.56 Å².